The number of H-pyrrole nitrogens is 2. The van der Waals surface area contributed by atoms with Crippen LogP contribution in [0.4, 0.5) is 4.79 Å². The first-order valence-corrected chi connectivity index (χ1v) is 11.1. The minimum Gasteiger partial charge on any atom is -0.486 e. The maximum Gasteiger partial charge on any atom is 0.410 e. The highest BCUT2D eigenvalue weighted by Gasteiger charge is 2.28. The normalized spacial score (nSPS) is 13.9. The summed E-state index contributed by atoms with van der Waals surface area (Å²) in [6, 6.07) is 5.64. The fraction of sp³-hybridized carbons (Fsp3) is 0.273. The number of ether oxygens (including phenoxy) is 2. The monoisotopic (exact) mass is 486 g/mol. The number of amides is 1. The highest BCUT2D eigenvalue weighted by molar-refractivity contribution is 6.35. The van der Waals surface area contributed by atoms with Crippen molar-refractivity contribution in [3.8, 4) is 17.3 Å². The molecular formula is C22H20Cl2N6O3. The van der Waals surface area contributed by atoms with Crippen LogP contribution < -0.4 is 4.74 Å². The van der Waals surface area contributed by atoms with Gasteiger partial charge in [-0.3, -0.25) is 15.0 Å². The molecule has 4 aromatic rings. The van der Waals surface area contributed by atoms with Crippen LogP contribution in [0.5, 0.6) is 5.75 Å². The van der Waals surface area contributed by atoms with Gasteiger partial charge in [0.05, 0.1) is 46.6 Å². The van der Waals surface area contributed by atoms with Crippen LogP contribution in [0, 0.1) is 0 Å². The van der Waals surface area contributed by atoms with Gasteiger partial charge in [-0.25, -0.2) is 9.78 Å². The first-order chi connectivity index (χ1) is 15.9. The fourth-order valence-corrected chi connectivity index (χ4v) is 4.58. The molecule has 1 aliphatic heterocycles. The molecule has 0 fully saturated rings. The van der Waals surface area contributed by atoms with Gasteiger partial charge in [-0.15, -0.1) is 0 Å². The molecule has 1 unspecified atom stereocenters. The first-order valence-electron chi connectivity index (χ1n) is 10.4. The van der Waals surface area contributed by atoms with Crippen LogP contribution in [0.15, 0.2) is 30.6 Å². The van der Waals surface area contributed by atoms with Crippen LogP contribution in [-0.4, -0.2) is 42.7 Å². The number of fused-ring (bicyclic) bond motifs is 2. The van der Waals surface area contributed by atoms with E-state index in [4.69, 9.17) is 32.7 Å². The van der Waals surface area contributed by atoms with Crippen LogP contribution in [-0.2, 0) is 17.8 Å². The van der Waals surface area contributed by atoms with Crippen molar-refractivity contribution in [1.29, 1.82) is 0 Å². The van der Waals surface area contributed by atoms with Crippen molar-refractivity contribution in [3.05, 3.63) is 57.6 Å². The summed E-state index contributed by atoms with van der Waals surface area (Å²) in [5, 5.41) is 9.20. The lowest BCUT2D eigenvalue weighted by atomic mass is 10.1. The smallest absolute Gasteiger partial charge is 0.410 e. The van der Waals surface area contributed by atoms with Crippen molar-refractivity contribution in [2.75, 3.05) is 6.61 Å². The average molecular weight is 487 g/mol. The Labute approximate surface area is 199 Å². The largest absolute Gasteiger partial charge is 0.486 e. The molecule has 11 heteroatoms. The van der Waals surface area contributed by atoms with Crippen LogP contribution in [0.3, 0.4) is 0 Å². The van der Waals surface area contributed by atoms with Gasteiger partial charge in [-0.2, -0.15) is 5.10 Å². The van der Waals surface area contributed by atoms with E-state index in [0.29, 0.717) is 52.6 Å². The van der Waals surface area contributed by atoms with Gasteiger partial charge in [0.15, 0.2) is 5.82 Å². The fourth-order valence-electron chi connectivity index (χ4n) is 3.91. The molecule has 0 radical (unpaired) electrons. The molecule has 1 aromatic carbocycles. The number of rotatable bonds is 5. The van der Waals surface area contributed by atoms with Crippen molar-refractivity contribution in [3.63, 3.8) is 0 Å². The third-order valence-corrected chi connectivity index (χ3v) is 6.05. The van der Waals surface area contributed by atoms with Gasteiger partial charge in [0.2, 0.25) is 0 Å². The Kier molecular flexibility index (Phi) is 5.59. The molecule has 0 spiro atoms. The zero-order chi connectivity index (χ0) is 23.1. The van der Waals surface area contributed by atoms with Gasteiger partial charge < -0.3 is 14.5 Å². The van der Waals surface area contributed by atoms with Crippen molar-refractivity contribution in [1.82, 2.24) is 30.0 Å². The lowest BCUT2D eigenvalue weighted by molar-refractivity contribution is 0.106. The topological polar surface area (TPSA) is 109 Å². The van der Waals surface area contributed by atoms with Gasteiger partial charge in [0.1, 0.15) is 17.5 Å². The molecule has 0 saturated carbocycles. The number of aromatic nitrogens is 5. The van der Waals surface area contributed by atoms with Gasteiger partial charge in [-0.1, -0.05) is 23.2 Å². The molecular weight excluding hydrogens is 467 g/mol. The number of carbonyl (C=O) groups is 1. The van der Waals surface area contributed by atoms with E-state index in [1.807, 2.05) is 25.1 Å². The Morgan fingerprint density at radius 1 is 1.24 bits per heavy atom. The highest BCUT2D eigenvalue weighted by atomic mass is 35.5. The quantitative estimate of drug-likeness (QED) is 0.397. The van der Waals surface area contributed by atoms with E-state index in [-0.39, 0.29) is 12.2 Å². The average Bonchev–Trinajstić information content (AvgIpc) is 3.46. The Bertz CT molecular complexity index is 1310. The number of nitrogens with zero attached hydrogens (tertiary/aromatic N) is 4. The second kappa shape index (κ2) is 8.57. The number of hydrogen-bond donors (Lipinski definition) is 2. The number of imidazole rings is 1. The maximum absolute atomic E-state index is 12.0. The van der Waals surface area contributed by atoms with Crippen molar-refractivity contribution in [2.24, 2.45) is 0 Å². The van der Waals surface area contributed by atoms with E-state index in [1.165, 1.54) is 0 Å². The summed E-state index contributed by atoms with van der Waals surface area (Å²) in [4.78, 5) is 25.5. The molecule has 170 valence electrons. The zero-order valence-corrected chi connectivity index (χ0v) is 19.4. The van der Waals surface area contributed by atoms with Gasteiger partial charge in [0, 0.05) is 23.3 Å². The third kappa shape index (κ3) is 3.98. The molecule has 3 aromatic heterocycles. The number of pyridine rings is 1. The second-order valence-electron chi connectivity index (χ2n) is 7.62. The van der Waals surface area contributed by atoms with E-state index < -0.39 is 0 Å². The standard InChI is InChI=1S/C22H20Cl2N6O3/c1-3-32-22(31)30-9-17-18(10-30)27-21(26-17)20-13-6-12(4-5-16(13)28-29-20)33-11(2)19-14(23)7-25-8-15(19)24/h4-8,11H,3,9-10H2,1-2H3,(H,26,27)(H,28,29). The van der Waals surface area contributed by atoms with Crippen molar-refractivity contribution in [2.45, 2.75) is 33.0 Å². The third-order valence-electron chi connectivity index (χ3n) is 5.45. The lowest BCUT2D eigenvalue weighted by Crippen LogP contribution is -2.26. The Balaban J connectivity index is 1.40. The predicted octanol–water partition coefficient (Wildman–Crippen LogP) is 5.27. The number of halogens is 2. The summed E-state index contributed by atoms with van der Waals surface area (Å²) in [5.74, 6) is 1.26. The molecule has 0 saturated heterocycles. The summed E-state index contributed by atoms with van der Waals surface area (Å²) in [6.45, 7) is 4.81. The van der Waals surface area contributed by atoms with Crippen LogP contribution in [0.2, 0.25) is 10.0 Å². The number of aromatic amines is 2. The summed E-state index contributed by atoms with van der Waals surface area (Å²) in [6.07, 6.45) is 2.35. The molecule has 2 N–H and O–H groups in total. The minimum absolute atomic E-state index is 0.337. The zero-order valence-electron chi connectivity index (χ0n) is 17.9. The second-order valence-corrected chi connectivity index (χ2v) is 8.44. The summed E-state index contributed by atoms with van der Waals surface area (Å²) in [5.41, 5.74) is 3.86. The van der Waals surface area contributed by atoms with Gasteiger partial charge in [-0.05, 0) is 32.0 Å². The molecule has 1 amide bonds. The van der Waals surface area contributed by atoms with Crippen molar-refractivity contribution >= 4 is 40.2 Å². The summed E-state index contributed by atoms with van der Waals surface area (Å²) in [7, 11) is 0. The molecule has 4 heterocycles. The van der Waals surface area contributed by atoms with Gasteiger partial charge >= 0.3 is 6.09 Å². The minimum atomic E-state index is -0.387. The highest BCUT2D eigenvalue weighted by Crippen LogP contribution is 2.35. The van der Waals surface area contributed by atoms with E-state index in [0.717, 1.165) is 22.3 Å². The van der Waals surface area contributed by atoms with Gasteiger partial charge in [0.25, 0.3) is 0 Å². The van der Waals surface area contributed by atoms with E-state index >= 15 is 0 Å². The molecule has 33 heavy (non-hydrogen) atoms. The Morgan fingerprint density at radius 2 is 2.03 bits per heavy atom. The number of hydrogen-bond acceptors (Lipinski definition) is 6. The maximum atomic E-state index is 12.0. The molecule has 1 aliphatic rings. The van der Waals surface area contributed by atoms with Crippen LogP contribution in [0.25, 0.3) is 22.4 Å². The van der Waals surface area contributed by atoms with E-state index in [1.54, 1.807) is 24.2 Å². The van der Waals surface area contributed by atoms with Crippen LogP contribution in [0.1, 0.15) is 36.9 Å². The predicted molar refractivity (Wildman–Crippen MR) is 123 cm³/mol. The lowest BCUT2D eigenvalue weighted by Gasteiger charge is -2.17. The molecule has 0 aliphatic carbocycles. The molecule has 9 nitrogen and oxygen atoms in total. The Morgan fingerprint density at radius 3 is 2.76 bits per heavy atom. The summed E-state index contributed by atoms with van der Waals surface area (Å²) >= 11 is 12.5. The van der Waals surface area contributed by atoms with E-state index in [9.17, 15) is 4.79 Å². The Hall–Kier alpha value is -3.30. The van der Waals surface area contributed by atoms with E-state index in [2.05, 4.69) is 25.1 Å². The molecule has 1 atom stereocenters. The molecule has 0 bridgehead atoms. The molecule has 5 rings (SSSR count). The number of nitrogens with one attached hydrogen (secondary N) is 2. The first kappa shape index (κ1) is 21.5. The SMILES string of the molecule is CCOC(=O)N1Cc2nc(-c3n[nH]c4ccc(OC(C)c5c(Cl)cncc5Cl)cc34)[nH]c2C1. The number of carbonyl (C=O) groups excluding carboxylic acids is 1. The number of benzene rings is 1. The van der Waals surface area contributed by atoms with Crippen LogP contribution >= 0.6 is 23.2 Å². The van der Waals surface area contributed by atoms with Crippen molar-refractivity contribution < 1.29 is 14.3 Å². The summed E-state index contributed by atoms with van der Waals surface area (Å²) < 4.78 is 11.2.